The van der Waals surface area contributed by atoms with E-state index in [1.54, 1.807) is 0 Å². The Labute approximate surface area is 181 Å². The summed E-state index contributed by atoms with van der Waals surface area (Å²) >= 11 is 0. The molecule has 4 heterocycles. The van der Waals surface area contributed by atoms with E-state index in [0.717, 1.165) is 54.0 Å². The van der Waals surface area contributed by atoms with Crippen molar-refractivity contribution in [1.29, 1.82) is 0 Å². The van der Waals surface area contributed by atoms with Crippen molar-refractivity contribution in [3.8, 4) is 11.3 Å². The number of anilines is 1. The smallest absolute Gasteiger partial charge is 0.272 e. The van der Waals surface area contributed by atoms with Gasteiger partial charge in [-0.2, -0.15) is 5.10 Å². The topological polar surface area (TPSA) is 79.6 Å². The third-order valence-corrected chi connectivity index (χ3v) is 6.42. The molecule has 2 aliphatic heterocycles. The predicted octanol–water partition coefficient (Wildman–Crippen LogP) is 3.86. The van der Waals surface area contributed by atoms with Gasteiger partial charge in [0.2, 0.25) is 5.91 Å². The Balaban J connectivity index is 1.53. The van der Waals surface area contributed by atoms with Crippen LogP contribution in [0.15, 0.2) is 30.3 Å². The molecule has 1 atom stereocenters. The summed E-state index contributed by atoms with van der Waals surface area (Å²) in [6.45, 7) is 4.99. The molecule has 7 heteroatoms. The maximum Gasteiger partial charge on any atom is 0.272 e. The maximum atomic E-state index is 13.3. The van der Waals surface area contributed by atoms with E-state index in [2.05, 4.69) is 19.2 Å². The zero-order chi connectivity index (χ0) is 21.5. The van der Waals surface area contributed by atoms with Crippen molar-refractivity contribution >= 4 is 23.1 Å². The number of fused-ring (bicyclic) bond motifs is 2. The van der Waals surface area contributed by atoms with E-state index in [4.69, 9.17) is 10.1 Å². The fourth-order valence-corrected chi connectivity index (χ4v) is 4.65. The molecule has 1 aromatic carbocycles. The Bertz CT molecular complexity index is 1180. The van der Waals surface area contributed by atoms with Crippen molar-refractivity contribution in [2.45, 2.75) is 58.4 Å². The number of nitrogens with one attached hydrogen (secondary N) is 1. The van der Waals surface area contributed by atoms with E-state index < -0.39 is 0 Å². The fraction of sp³-hybridized carbons (Fsp3) is 0.417. The molecule has 2 amide bonds. The zero-order valence-electron chi connectivity index (χ0n) is 18.0. The molecule has 0 aliphatic carbocycles. The number of carbonyl (C=O) groups excluding carboxylic acids is 2. The molecule has 0 saturated carbocycles. The van der Waals surface area contributed by atoms with Crippen molar-refractivity contribution in [2.75, 3.05) is 11.9 Å². The van der Waals surface area contributed by atoms with Crippen LogP contribution < -0.4 is 5.32 Å². The Morgan fingerprint density at radius 2 is 2.06 bits per heavy atom. The minimum absolute atomic E-state index is 0.0106. The number of benzene rings is 1. The van der Waals surface area contributed by atoms with Gasteiger partial charge in [0.15, 0.2) is 5.65 Å². The van der Waals surface area contributed by atoms with Gasteiger partial charge in [0.1, 0.15) is 5.69 Å². The SMILES string of the molecule is CCc1cc(C(=O)N2CCCCCC2C)nc2cc(-c3ccc4c(c3)CC(=O)N4)nn12. The summed E-state index contributed by atoms with van der Waals surface area (Å²) in [5.41, 5.74) is 5.70. The fourth-order valence-electron chi connectivity index (χ4n) is 4.65. The van der Waals surface area contributed by atoms with Crippen LogP contribution in [0.4, 0.5) is 5.69 Å². The monoisotopic (exact) mass is 417 g/mol. The molecule has 1 unspecified atom stereocenters. The molecular formula is C24H27N5O2. The first-order valence-electron chi connectivity index (χ1n) is 11.2. The van der Waals surface area contributed by atoms with E-state index in [1.807, 2.05) is 39.7 Å². The highest BCUT2D eigenvalue weighted by Crippen LogP contribution is 2.29. The van der Waals surface area contributed by atoms with Crippen molar-refractivity contribution in [3.63, 3.8) is 0 Å². The summed E-state index contributed by atoms with van der Waals surface area (Å²) < 4.78 is 1.83. The first-order valence-corrected chi connectivity index (χ1v) is 11.2. The lowest BCUT2D eigenvalue weighted by Gasteiger charge is -2.27. The highest BCUT2D eigenvalue weighted by Gasteiger charge is 2.25. The first kappa shape index (κ1) is 19.7. The van der Waals surface area contributed by atoms with Gasteiger partial charge in [-0.1, -0.05) is 25.8 Å². The molecule has 5 rings (SSSR count). The predicted molar refractivity (Wildman–Crippen MR) is 119 cm³/mol. The minimum atomic E-state index is 0.0106. The van der Waals surface area contributed by atoms with Crippen LogP contribution in [0.1, 0.15) is 61.3 Å². The highest BCUT2D eigenvalue weighted by atomic mass is 16.2. The second-order valence-electron chi connectivity index (χ2n) is 8.58. The largest absolute Gasteiger partial charge is 0.335 e. The molecule has 0 spiro atoms. The second kappa shape index (κ2) is 7.80. The van der Waals surface area contributed by atoms with Gasteiger partial charge < -0.3 is 10.2 Å². The van der Waals surface area contributed by atoms with Crippen LogP contribution in [0.3, 0.4) is 0 Å². The van der Waals surface area contributed by atoms with Crippen LogP contribution in [0.2, 0.25) is 0 Å². The van der Waals surface area contributed by atoms with Crippen molar-refractivity contribution in [1.82, 2.24) is 19.5 Å². The Morgan fingerprint density at radius 3 is 2.90 bits per heavy atom. The summed E-state index contributed by atoms with van der Waals surface area (Å²) in [6, 6.07) is 9.93. The average Bonchev–Trinajstić information content (AvgIpc) is 3.29. The molecular weight excluding hydrogens is 390 g/mol. The number of carbonyl (C=O) groups is 2. The van der Waals surface area contributed by atoms with Crippen molar-refractivity contribution < 1.29 is 9.59 Å². The van der Waals surface area contributed by atoms with Gasteiger partial charge in [0.05, 0.1) is 12.1 Å². The van der Waals surface area contributed by atoms with Crippen molar-refractivity contribution in [3.05, 3.63) is 47.3 Å². The molecule has 7 nitrogen and oxygen atoms in total. The lowest BCUT2D eigenvalue weighted by molar-refractivity contribution is -0.115. The number of rotatable bonds is 3. The quantitative estimate of drug-likeness (QED) is 0.702. The summed E-state index contributed by atoms with van der Waals surface area (Å²) in [7, 11) is 0. The number of likely N-dealkylation sites (tertiary alicyclic amines) is 1. The molecule has 31 heavy (non-hydrogen) atoms. The van der Waals surface area contributed by atoms with E-state index in [0.29, 0.717) is 17.8 Å². The van der Waals surface area contributed by atoms with Crippen LogP contribution in [0, 0.1) is 0 Å². The van der Waals surface area contributed by atoms with Crippen LogP contribution in [0.5, 0.6) is 0 Å². The van der Waals surface area contributed by atoms with Gasteiger partial charge in [-0.15, -0.1) is 0 Å². The number of hydrogen-bond acceptors (Lipinski definition) is 4. The van der Waals surface area contributed by atoms with E-state index in [9.17, 15) is 9.59 Å². The average molecular weight is 418 g/mol. The molecule has 0 bridgehead atoms. The third kappa shape index (κ3) is 3.58. The molecule has 0 radical (unpaired) electrons. The number of hydrogen-bond donors (Lipinski definition) is 1. The lowest BCUT2D eigenvalue weighted by atomic mass is 10.1. The molecule has 1 saturated heterocycles. The standard InChI is InChI=1S/C24H27N5O2/c1-3-18-13-21(24(31)28-10-6-4-5-7-15(28)2)25-22-14-20(27-29(18)22)16-8-9-19-17(11-16)12-23(30)26-19/h8-9,11,13-15H,3-7,10,12H2,1-2H3,(H,26,30). The van der Waals surface area contributed by atoms with Gasteiger partial charge in [0, 0.05) is 35.6 Å². The minimum Gasteiger partial charge on any atom is -0.335 e. The highest BCUT2D eigenvalue weighted by molar-refractivity contribution is 5.99. The zero-order valence-corrected chi connectivity index (χ0v) is 18.0. The molecule has 1 N–H and O–H groups in total. The second-order valence-corrected chi connectivity index (χ2v) is 8.58. The number of aryl methyl sites for hydroxylation is 1. The maximum absolute atomic E-state index is 13.3. The number of nitrogens with zero attached hydrogens (tertiary/aromatic N) is 4. The normalized spacial score (nSPS) is 18.7. The van der Waals surface area contributed by atoms with Crippen LogP contribution in [-0.4, -0.2) is 43.9 Å². The Kier molecular flexibility index (Phi) is 4.96. The van der Waals surface area contributed by atoms with Crippen molar-refractivity contribution in [2.24, 2.45) is 0 Å². The van der Waals surface area contributed by atoms with Gasteiger partial charge >= 0.3 is 0 Å². The molecule has 3 aromatic rings. The molecule has 160 valence electrons. The summed E-state index contributed by atoms with van der Waals surface area (Å²) in [5.74, 6) is 0.0273. The summed E-state index contributed by atoms with van der Waals surface area (Å²) in [5, 5.41) is 7.63. The Hall–Kier alpha value is -3.22. The van der Waals surface area contributed by atoms with Gasteiger partial charge in [-0.05, 0) is 49.9 Å². The first-order chi connectivity index (χ1) is 15.0. The van der Waals surface area contributed by atoms with E-state index >= 15 is 0 Å². The van der Waals surface area contributed by atoms with Gasteiger partial charge in [-0.25, -0.2) is 9.50 Å². The molecule has 1 fully saturated rings. The number of amides is 2. The molecule has 2 aromatic heterocycles. The van der Waals surface area contributed by atoms with Gasteiger partial charge in [-0.3, -0.25) is 9.59 Å². The third-order valence-electron chi connectivity index (χ3n) is 6.42. The van der Waals surface area contributed by atoms with Crippen LogP contribution >= 0.6 is 0 Å². The van der Waals surface area contributed by atoms with Crippen LogP contribution in [-0.2, 0) is 17.6 Å². The summed E-state index contributed by atoms with van der Waals surface area (Å²) in [4.78, 5) is 31.7. The summed E-state index contributed by atoms with van der Waals surface area (Å²) in [6.07, 6.45) is 5.58. The number of aromatic nitrogens is 3. The van der Waals surface area contributed by atoms with Gasteiger partial charge in [0.25, 0.3) is 5.91 Å². The Morgan fingerprint density at radius 1 is 1.19 bits per heavy atom. The van der Waals surface area contributed by atoms with E-state index in [-0.39, 0.29) is 17.9 Å². The van der Waals surface area contributed by atoms with E-state index in [1.165, 1.54) is 12.8 Å². The molecule has 2 aliphatic rings. The lowest BCUT2D eigenvalue weighted by Crippen LogP contribution is -2.38. The van der Waals surface area contributed by atoms with Crippen LogP contribution in [0.25, 0.3) is 16.9 Å².